The lowest BCUT2D eigenvalue weighted by atomic mass is 9.91. The molecule has 0 saturated carbocycles. The first-order valence-electron chi connectivity index (χ1n) is 10.6. The number of nitrogens with zero attached hydrogens (tertiary/aromatic N) is 1. The van der Waals surface area contributed by atoms with Crippen LogP contribution in [-0.2, 0) is 16.4 Å². The molecule has 1 saturated heterocycles. The van der Waals surface area contributed by atoms with E-state index in [2.05, 4.69) is 35.9 Å². The second-order valence-electron chi connectivity index (χ2n) is 8.11. The van der Waals surface area contributed by atoms with Crippen molar-refractivity contribution in [1.29, 1.82) is 0 Å². The van der Waals surface area contributed by atoms with Crippen LogP contribution in [0, 0.1) is 12.8 Å². The Morgan fingerprint density at radius 2 is 1.74 bits per heavy atom. The number of hydrogen-bond acceptors (Lipinski definition) is 3. The molecule has 0 aliphatic carbocycles. The Bertz CT molecular complexity index is 994. The number of hydrogen-bond donors (Lipinski definition) is 1. The zero-order valence-corrected chi connectivity index (χ0v) is 19.3. The predicted molar refractivity (Wildman–Crippen MR) is 126 cm³/mol. The fourth-order valence-corrected chi connectivity index (χ4v) is 4.64. The number of piperidine rings is 1. The lowest BCUT2D eigenvalue weighted by Crippen LogP contribution is -2.45. The maximum absolute atomic E-state index is 12.4. The van der Waals surface area contributed by atoms with E-state index in [1.807, 2.05) is 0 Å². The number of rotatable bonds is 7. The van der Waals surface area contributed by atoms with Crippen LogP contribution in [0.25, 0.3) is 6.08 Å². The van der Waals surface area contributed by atoms with Crippen LogP contribution in [0.1, 0.15) is 42.4 Å². The number of aryl methyl sites for hydroxylation is 2. The quantitative estimate of drug-likeness (QED) is 0.602. The zero-order valence-electron chi connectivity index (χ0n) is 17.8. The van der Waals surface area contributed by atoms with Crippen molar-refractivity contribution < 1.29 is 13.2 Å². The average molecular weight is 461 g/mol. The van der Waals surface area contributed by atoms with E-state index < -0.39 is 16.1 Å². The molecule has 0 atom stereocenters. The van der Waals surface area contributed by atoms with E-state index in [-0.39, 0.29) is 0 Å². The Hall–Kier alpha value is -2.31. The second kappa shape index (κ2) is 10.8. The van der Waals surface area contributed by atoms with Gasteiger partial charge in [-0.1, -0.05) is 53.6 Å². The van der Waals surface area contributed by atoms with E-state index in [1.165, 1.54) is 17.2 Å². The van der Waals surface area contributed by atoms with E-state index in [0.29, 0.717) is 29.6 Å². The van der Waals surface area contributed by atoms with Crippen molar-refractivity contribution in [2.45, 2.75) is 39.0 Å². The molecule has 0 unspecified atom stereocenters. The van der Waals surface area contributed by atoms with E-state index in [9.17, 15) is 13.2 Å². The van der Waals surface area contributed by atoms with Gasteiger partial charge in [-0.2, -0.15) is 0 Å². The minimum Gasteiger partial charge on any atom is -0.324 e. The van der Waals surface area contributed by atoms with E-state index in [0.717, 1.165) is 37.5 Å². The number of carbonyl (C=O) groups excluding carboxylic acids is 1. The molecular formula is C24H29ClN2O3S. The summed E-state index contributed by atoms with van der Waals surface area (Å²) in [6.07, 6.45) is 6.57. The van der Waals surface area contributed by atoms with Gasteiger partial charge in [0.2, 0.25) is 0 Å². The van der Waals surface area contributed by atoms with Crippen LogP contribution in [-0.4, -0.2) is 32.4 Å². The second-order valence-corrected chi connectivity index (χ2v) is 10.1. The van der Waals surface area contributed by atoms with Crippen LogP contribution in [0.3, 0.4) is 0 Å². The molecule has 0 bridgehead atoms. The van der Waals surface area contributed by atoms with Crippen LogP contribution in [0.5, 0.6) is 0 Å². The molecule has 1 N–H and O–H groups in total. The predicted octanol–water partition coefficient (Wildman–Crippen LogP) is 5.39. The third-order valence-corrected chi connectivity index (χ3v) is 6.84. The Kier molecular flexibility index (Phi) is 8.15. The minimum absolute atomic E-state index is 0.557. The first-order valence-corrected chi connectivity index (χ1v) is 12.5. The lowest BCUT2D eigenvalue weighted by Gasteiger charge is -2.31. The van der Waals surface area contributed by atoms with Gasteiger partial charge in [-0.15, -0.1) is 0 Å². The van der Waals surface area contributed by atoms with Crippen LogP contribution in [0.2, 0.25) is 5.02 Å². The Balaban J connectivity index is 1.40. The van der Waals surface area contributed by atoms with Gasteiger partial charge in [0, 0.05) is 18.1 Å². The van der Waals surface area contributed by atoms with Gasteiger partial charge in [0.1, 0.15) is 0 Å². The van der Waals surface area contributed by atoms with Crippen LogP contribution in [0.4, 0.5) is 4.79 Å². The fraction of sp³-hybridized carbons (Fsp3) is 0.375. The van der Waals surface area contributed by atoms with Gasteiger partial charge in [0.15, 0.2) is 0 Å². The molecule has 0 aromatic heterocycles. The van der Waals surface area contributed by atoms with Crippen LogP contribution < -0.4 is 4.72 Å². The van der Waals surface area contributed by atoms with Gasteiger partial charge in [0.05, 0.1) is 5.41 Å². The molecule has 166 valence electrons. The molecule has 5 nitrogen and oxygen atoms in total. The van der Waals surface area contributed by atoms with Crippen molar-refractivity contribution in [3.05, 3.63) is 75.7 Å². The SMILES string of the molecule is Cc1ccc(CCCC2CCN(C(=O)NS(=O)(=O)/C=C/c3ccc(Cl)cc3)CC2)cc1. The first-order chi connectivity index (χ1) is 14.8. The molecule has 2 amide bonds. The zero-order chi connectivity index (χ0) is 22.3. The molecule has 0 spiro atoms. The van der Waals surface area contributed by atoms with Crippen molar-refractivity contribution in [3.8, 4) is 0 Å². The Labute approximate surface area is 190 Å². The summed E-state index contributed by atoms with van der Waals surface area (Å²) in [5.41, 5.74) is 3.32. The molecule has 1 aliphatic heterocycles. The maximum Gasteiger partial charge on any atom is 0.331 e. The summed E-state index contributed by atoms with van der Waals surface area (Å²) in [6.45, 7) is 3.25. The standard InChI is InChI=1S/C24H29ClN2O3S/c1-19-5-7-20(8-6-19)3-2-4-21-13-16-27(17-14-21)24(28)26-31(29,30)18-15-22-9-11-23(25)12-10-22/h5-12,15,18,21H,2-4,13-14,16-17H2,1H3,(H,26,28)/b18-15+. The highest BCUT2D eigenvalue weighted by atomic mass is 35.5. The van der Waals surface area contributed by atoms with Crippen molar-refractivity contribution in [2.75, 3.05) is 13.1 Å². The molecule has 7 heteroatoms. The topological polar surface area (TPSA) is 66.5 Å². The normalized spacial score (nSPS) is 15.4. The largest absolute Gasteiger partial charge is 0.331 e. The number of benzene rings is 2. The van der Waals surface area contributed by atoms with E-state index in [4.69, 9.17) is 11.6 Å². The molecule has 1 heterocycles. The number of urea groups is 1. The summed E-state index contributed by atoms with van der Waals surface area (Å²) < 4.78 is 26.6. The summed E-state index contributed by atoms with van der Waals surface area (Å²) in [4.78, 5) is 14.0. The summed E-state index contributed by atoms with van der Waals surface area (Å²) >= 11 is 5.82. The van der Waals surface area contributed by atoms with Gasteiger partial charge < -0.3 is 4.90 Å². The summed E-state index contributed by atoms with van der Waals surface area (Å²) in [5.74, 6) is 0.580. The molecule has 2 aromatic carbocycles. The van der Waals surface area contributed by atoms with Crippen LogP contribution in [0.15, 0.2) is 53.9 Å². The third kappa shape index (κ3) is 7.71. The number of likely N-dealkylation sites (tertiary alicyclic amines) is 1. The molecule has 3 rings (SSSR count). The van der Waals surface area contributed by atoms with Crippen molar-refractivity contribution in [1.82, 2.24) is 9.62 Å². The van der Waals surface area contributed by atoms with Gasteiger partial charge in [-0.05, 0) is 74.3 Å². The Morgan fingerprint density at radius 1 is 1.10 bits per heavy atom. The summed E-state index contributed by atoms with van der Waals surface area (Å²) in [6, 6.07) is 14.9. The fourth-order valence-electron chi connectivity index (χ4n) is 3.74. The van der Waals surface area contributed by atoms with E-state index >= 15 is 0 Å². The highest BCUT2D eigenvalue weighted by molar-refractivity contribution is 7.93. The monoisotopic (exact) mass is 460 g/mol. The van der Waals surface area contributed by atoms with Gasteiger partial charge in [-0.3, -0.25) is 0 Å². The number of halogens is 1. The molecule has 1 fully saturated rings. The average Bonchev–Trinajstić information content (AvgIpc) is 2.75. The highest BCUT2D eigenvalue weighted by Crippen LogP contribution is 2.23. The molecule has 0 radical (unpaired) electrons. The van der Waals surface area contributed by atoms with Crippen molar-refractivity contribution >= 4 is 33.7 Å². The summed E-state index contributed by atoms with van der Waals surface area (Å²) in [5, 5.41) is 1.58. The molecule has 2 aromatic rings. The van der Waals surface area contributed by atoms with Crippen molar-refractivity contribution in [2.24, 2.45) is 5.92 Å². The number of nitrogens with one attached hydrogen (secondary N) is 1. The third-order valence-electron chi connectivity index (χ3n) is 5.64. The molecule has 1 aliphatic rings. The smallest absolute Gasteiger partial charge is 0.324 e. The maximum atomic E-state index is 12.4. The van der Waals surface area contributed by atoms with Crippen molar-refractivity contribution in [3.63, 3.8) is 0 Å². The van der Waals surface area contributed by atoms with Crippen LogP contribution >= 0.6 is 11.6 Å². The Morgan fingerprint density at radius 3 is 2.39 bits per heavy atom. The number of amides is 2. The molecule has 31 heavy (non-hydrogen) atoms. The van der Waals surface area contributed by atoms with Gasteiger partial charge in [0.25, 0.3) is 10.0 Å². The first kappa shape index (κ1) is 23.4. The molecular weight excluding hydrogens is 432 g/mol. The lowest BCUT2D eigenvalue weighted by molar-refractivity contribution is 0.172. The van der Waals surface area contributed by atoms with Gasteiger partial charge in [-0.25, -0.2) is 17.9 Å². The highest BCUT2D eigenvalue weighted by Gasteiger charge is 2.24. The van der Waals surface area contributed by atoms with E-state index in [1.54, 1.807) is 29.2 Å². The van der Waals surface area contributed by atoms with Gasteiger partial charge >= 0.3 is 6.03 Å². The minimum atomic E-state index is -3.85. The summed E-state index contributed by atoms with van der Waals surface area (Å²) in [7, 11) is -3.85. The number of carbonyl (C=O) groups is 1. The number of sulfonamides is 1.